The highest BCUT2D eigenvalue weighted by Crippen LogP contribution is 2.29. The lowest BCUT2D eigenvalue weighted by Crippen LogP contribution is -2.07. The van der Waals surface area contributed by atoms with Crippen LogP contribution in [0.4, 0.5) is 5.13 Å². The minimum absolute atomic E-state index is 0.249. The van der Waals surface area contributed by atoms with E-state index in [-0.39, 0.29) is 5.91 Å². The fourth-order valence-electron chi connectivity index (χ4n) is 2.90. The van der Waals surface area contributed by atoms with Crippen LogP contribution in [0.2, 0.25) is 0 Å². The van der Waals surface area contributed by atoms with Gasteiger partial charge in [-0.15, -0.1) is 11.3 Å². The lowest BCUT2D eigenvalue weighted by Gasteiger charge is -2.11. The van der Waals surface area contributed by atoms with Gasteiger partial charge in [0, 0.05) is 17.0 Å². The van der Waals surface area contributed by atoms with Crippen LogP contribution >= 0.6 is 11.3 Å². The lowest BCUT2D eigenvalue weighted by atomic mass is 10.2. The van der Waals surface area contributed by atoms with Crippen LogP contribution in [0, 0.1) is 0 Å². The number of carbonyl (C=O) groups excluding carboxylic acids is 1. The molecule has 2 aromatic carbocycles. The van der Waals surface area contributed by atoms with Crippen LogP contribution in [-0.2, 0) is 4.79 Å². The molecule has 0 aliphatic rings. The monoisotopic (exact) mass is 452 g/mol. The second-order valence-electron chi connectivity index (χ2n) is 6.81. The average Bonchev–Trinajstić information content (AvgIpc) is 3.27. The molecule has 0 atom stereocenters. The molecule has 0 fully saturated rings. The van der Waals surface area contributed by atoms with Crippen molar-refractivity contribution in [1.82, 2.24) is 4.98 Å². The van der Waals surface area contributed by atoms with E-state index >= 15 is 0 Å². The van der Waals surface area contributed by atoms with Gasteiger partial charge in [0.2, 0.25) is 5.91 Å². The maximum Gasteiger partial charge on any atom is 0.250 e. The van der Waals surface area contributed by atoms with Crippen molar-refractivity contribution in [3.8, 4) is 28.5 Å². The summed E-state index contributed by atoms with van der Waals surface area (Å²) in [5.74, 6) is 1.94. The van der Waals surface area contributed by atoms with Crippen LogP contribution in [0.1, 0.15) is 32.8 Å². The summed E-state index contributed by atoms with van der Waals surface area (Å²) < 4.78 is 16.8. The fourth-order valence-corrected chi connectivity index (χ4v) is 3.62. The van der Waals surface area contributed by atoms with Crippen molar-refractivity contribution >= 4 is 28.5 Å². The molecule has 0 aliphatic carbocycles. The molecule has 0 radical (unpaired) electrons. The highest BCUT2D eigenvalue weighted by atomic mass is 32.1. The average molecular weight is 453 g/mol. The number of benzene rings is 2. The maximum absolute atomic E-state index is 12.4. The van der Waals surface area contributed by atoms with Crippen LogP contribution in [-0.4, -0.2) is 30.7 Å². The number of nitrogens with zero attached hydrogens (tertiary/aromatic N) is 1. The summed E-state index contributed by atoms with van der Waals surface area (Å²) >= 11 is 1.38. The van der Waals surface area contributed by atoms with E-state index in [9.17, 15) is 4.79 Å². The van der Waals surface area contributed by atoms with Gasteiger partial charge >= 0.3 is 0 Å². The van der Waals surface area contributed by atoms with E-state index in [1.807, 2.05) is 61.7 Å². The Kier molecular flexibility index (Phi) is 8.69. The lowest BCUT2D eigenvalue weighted by molar-refractivity contribution is -0.111. The Hall–Kier alpha value is -3.32. The number of hydrogen-bond acceptors (Lipinski definition) is 6. The number of ether oxygens (including phenoxy) is 3. The quantitative estimate of drug-likeness (QED) is 0.359. The van der Waals surface area contributed by atoms with Crippen LogP contribution in [0.15, 0.2) is 53.9 Å². The van der Waals surface area contributed by atoms with Gasteiger partial charge in [-0.25, -0.2) is 4.98 Å². The van der Waals surface area contributed by atoms with Gasteiger partial charge in [0.25, 0.3) is 0 Å². The normalized spacial score (nSPS) is 10.8. The summed E-state index contributed by atoms with van der Waals surface area (Å²) in [4.78, 5) is 16.9. The molecule has 0 spiro atoms. The van der Waals surface area contributed by atoms with Gasteiger partial charge in [-0.05, 0) is 68.3 Å². The molecule has 0 unspecified atom stereocenters. The minimum atomic E-state index is -0.249. The van der Waals surface area contributed by atoms with Crippen LogP contribution in [0.25, 0.3) is 17.3 Å². The number of anilines is 1. The van der Waals surface area contributed by atoms with Gasteiger partial charge in [-0.1, -0.05) is 13.0 Å². The highest BCUT2D eigenvalue weighted by Gasteiger charge is 2.08. The first-order valence-electron chi connectivity index (χ1n) is 10.7. The van der Waals surface area contributed by atoms with E-state index < -0.39 is 0 Å². The third-order valence-electron chi connectivity index (χ3n) is 4.35. The van der Waals surface area contributed by atoms with Gasteiger partial charge in [-0.3, -0.25) is 10.1 Å². The topological polar surface area (TPSA) is 69.7 Å². The third kappa shape index (κ3) is 6.59. The number of rotatable bonds is 11. The fraction of sp³-hybridized carbons (Fsp3) is 0.280. The van der Waals surface area contributed by atoms with Crippen molar-refractivity contribution in [2.24, 2.45) is 0 Å². The molecule has 6 nitrogen and oxygen atoms in total. The zero-order valence-corrected chi connectivity index (χ0v) is 19.4. The van der Waals surface area contributed by atoms with Gasteiger partial charge in [0.1, 0.15) is 5.75 Å². The number of aromatic nitrogens is 1. The number of amides is 1. The summed E-state index contributed by atoms with van der Waals surface area (Å²) in [5.41, 5.74) is 2.63. The van der Waals surface area contributed by atoms with E-state index in [4.69, 9.17) is 14.2 Å². The zero-order chi connectivity index (χ0) is 22.8. The number of hydrogen-bond donors (Lipinski definition) is 1. The van der Waals surface area contributed by atoms with Crippen molar-refractivity contribution in [3.63, 3.8) is 0 Å². The summed E-state index contributed by atoms with van der Waals surface area (Å²) in [6, 6.07) is 13.4. The number of nitrogens with one attached hydrogen (secondary N) is 1. The number of thiazole rings is 1. The SMILES string of the molecule is CCCOc1ccc(-c2csc(NC(=O)C=Cc3ccc(OCC)c(OCC)c3)n2)cc1. The molecule has 168 valence electrons. The molecule has 0 aliphatic heterocycles. The Morgan fingerprint density at radius 1 is 1.00 bits per heavy atom. The zero-order valence-electron chi connectivity index (χ0n) is 18.6. The van der Waals surface area contributed by atoms with Crippen LogP contribution in [0.3, 0.4) is 0 Å². The van der Waals surface area contributed by atoms with Gasteiger partial charge < -0.3 is 14.2 Å². The molecular formula is C25H28N2O4S. The number of carbonyl (C=O) groups is 1. The molecular weight excluding hydrogens is 424 g/mol. The first-order valence-corrected chi connectivity index (χ1v) is 11.6. The standard InChI is InChI=1S/C25H28N2O4S/c1-4-15-31-20-11-9-19(10-12-20)21-17-32-25(26-21)27-24(28)14-8-18-7-13-22(29-5-2)23(16-18)30-6-3/h7-14,16-17H,4-6,15H2,1-3H3,(H,26,27,28). The maximum atomic E-state index is 12.4. The van der Waals surface area contributed by atoms with Crippen molar-refractivity contribution in [3.05, 3.63) is 59.5 Å². The largest absolute Gasteiger partial charge is 0.494 e. The molecule has 1 aromatic heterocycles. The van der Waals surface area contributed by atoms with E-state index in [1.54, 1.807) is 6.08 Å². The van der Waals surface area contributed by atoms with Crippen molar-refractivity contribution in [2.45, 2.75) is 27.2 Å². The van der Waals surface area contributed by atoms with E-state index in [0.717, 1.165) is 29.0 Å². The molecule has 3 aromatic rings. The van der Waals surface area contributed by atoms with Gasteiger partial charge in [0.05, 0.1) is 25.5 Å². The first kappa shape index (κ1) is 23.3. The van der Waals surface area contributed by atoms with E-state index in [1.165, 1.54) is 17.4 Å². The summed E-state index contributed by atoms with van der Waals surface area (Å²) in [6.07, 6.45) is 4.18. The van der Waals surface area contributed by atoms with Gasteiger partial charge in [-0.2, -0.15) is 0 Å². The summed E-state index contributed by atoms with van der Waals surface area (Å²) in [5, 5.41) is 5.28. The summed E-state index contributed by atoms with van der Waals surface area (Å²) in [7, 11) is 0. The summed E-state index contributed by atoms with van der Waals surface area (Å²) in [6.45, 7) is 7.71. The van der Waals surface area contributed by atoms with Crippen LogP contribution in [0.5, 0.6) is 17.2 Å². The Bertz CT molecular complexity index is 1040. The minimum Gasteiger partial charge on any atom is -0.494 e. The van der Waals surface area contributed by atoms with Crippen molar-refractivity contribution < 1.29 is 19.0 Å². The third-order valence-corrected chi connectivity index (χ3v) is 5.11. The Labute approximate surface area is 192 Å². The molecule has 32 heavy (non-hydrogen) atoms. The molecule has 1 N–H and O–H groups in total. The molecule has 7 heteroatoms. The Morgan fingerprint density at radius 2 is 1.75 bits per heavy atom. The molecule has 0 bridgehead atoms. The second kappa shape index (κ2) is 11.9. The van der Waals surface area contributed by atoms with Gasteiger partial charge in [0.15, 0.2) is 16.6 Å². The van der Waals surface area contributed by atoms with Crippen LogP contribution < -0.4 is 19.5 Å². The smallest absolute Gasteiger partial charge is 0.250 e. The van der Waals surface area contributed by atoms with Crippen molar-refractivity contribution in [1.29, 1.82) is 0 Å². The van der Waals surface area contributed by atoms with E-state index in [0.29, 0.717) is 36.5 Å². The molecule has 1 amide bonds. The molecule has 3 rings (SSSR count). The molecule has 0 saturated carbocycles. The Balaban J connectivity index is 1.61. The molecule has 1 heterocycles. The Morgan fingerprint density at radius 3 is 2.47 bits per heavy atom. The highest BCUT2D eigenvalue weighted by molar-refractivity contribution is 7.14. The molecule has 0 saturated heterocycles. The van der Waals surface area contributed by atoms with E-state index in [2.05, 4.69) is 17.2 Å². The first-order chi connectivity index (χ1) is 15.6. The predicted molar refractivity (Wildman–Crippen MR) is 130 cm³/mol. The van der Waals surface area contributed by atoms with Crippen molar-refractivity contribution in [2.75, 3.05) is 25.1 Å². The second-order valence-corrected chi connectivity index (χ2v) is 7.66. The predicted octanol–water partition coefficient (Wildman–Crippen LogP) is 6.05.